The molecule has 1 aromatic rings. The highest BCUT2D eigenvalue weighted by Gasteiger charge is 2.32. The molecular weight excluding hydrogens is 434 g/mol. The zero-order valence-electron chi connectivity index (χ0n) is 20.2. The van der Waals surface area contributed by atoms with Gasteiger partial charge in [0.25, 0.3) is 11.8 Å². The van der Waals surface area contributed by atoms with Gasteiger partial charge >= 0.3 is 0 Å². The van der Waals surface area contributed by atoms with Crippen LogP contribution in [0.5, 0.6) is 5.75 Å². The first-order chi connectivity index (χ1) is 16.2. The van der Waals surface area contributed by atoms with E-state index in [1.165, 1.54) is 21.0 Å². The molecule has 1 unspecified atom stereocenters. The van der Waals surface area contributed by atoms with Gasteiger partial charge in [-0.1, -0.05) is 19.4 Å². The van der Waals surface area contributed by atoms with Crippen molar-refractivity contribution in [3.8, 4) is 5.75 Å². The number of methoxy groups -OCH3 is 1. The lowest BCUT2D eigenvalue weighted by atomic mass is 9.95. The van der Waals surface area contributed by atoms with Crippen molar-refractivity contribution in [3.63, 3.8) is 0 Å². The lowest BCUT2D eigenvalue weighted by Crippen LogP contribution is -2.47. The zero-order chi connectivity index (χ0) is 24.7. The third-order valence-corrected chi connectivity index (χ3v) is 5.54. The summed E-state index contributed by atoms with van der Waals surface area (Å²) in [5, 5.41) is 24.2. The number of amides is 2. The minimum absolute atomic E-state index is 0.313. The average Bonchev–Trinajstić information content (AvgIpc) is 2.81. The second kappa shape index (κ2) is 11.1. The van der Waals surface area contributed by atoms with Crippen LogP contribution >= 0.6 is 0 Å². The first-order valence-electron chi connectivity index (χ1n) is 11.4. The molecule has 0 aromatic heterocycles. The van der Waals surface area contributed by atoms with Gasteiger partial charge in [-0.3, -0.25) is 9.59 Å². The van der Waals surface area contributed by atoms with Gasteiger partial charge in [0.2, 0.25) is 0 Å². The maximum atomic E-state index is 13.1. The van der Waals surface area contributed by atoms with E-state index in [0.29, 0.717) is 30.8 Å². The maximum Gasteiger partial charge on any atom is 0.256 e. The van der Waals surface area contributed by atoms with Crippen LogP contribution in [0.1, 0.15) is 55.1 Å². The summed E-state index contributed by atoms with van der Waals surface area (Å²) in [5.74, 6) is -0.177. The van der Waals surface area contributed by atoms with Crippen molar-refractivity contribution in [2.75, 3.05) is 13.7 Å². The normalized spacial score (nSPS) is 18.0. The minimum Gasteiger partial charge on any atom is -0.496 e. The van der Waals surface area contributed by atoms with Gasteiger partial charge in [-0.15, -0.1) is 0 Å². The van der Waals surface area contributed by atoms with E-state index < -0.39 is 11.8 Å². The maximum absolute atomic E-state index is 13.1. The Kier molecular flexibility index (Phi) is 8.22. The van der Waals surface area contributed by atoms with Crippen molar-refractivity contribution < 1.29 is 19.4 Å². The Balaban J connectivity index is 1.71. The lowest BCUT2D eigenvalue weighted by molar-refractivity contribution is -0.148. The molecule has 0 spiro atoms. The highest BCUT2D eigenvalue weighted by Crippen LogP contribution is 2.29. The number of hydrogen-bond donors (Lipinski definition) is 3. The highest BCUT2D eigenvalue weighted by molar-refractivity contribution is 5.98. The van der Waals surface area contributed by atoms with Gasteiger partial charge in [0.15, 0.2) is 0 Å². The number of hydrogen-bond acceptors (Lipinski definition) is 7. The Morgan fingerprint density at radius 1 is 1.32 bits per heavy atom. The molecule has 1 atom stereocenters. The van der Waals surface area contributed by atoms with E-state index in [1.807, 2.05) is 24.3 Å². The minimum atomic E-state index is -1.45. The second-order valence-corrected chi connectivity index (χ2v) is 8.79. The predicted molar refractivity (Wildman–Crippen MR) is 132 cm³/mol. The number of rotatable bonds is 8. The van der Waals surface area contributed by atoms with Gasteiger partial charge in [-0.25, -0.2) is 0 Å². The summed E-state index contributed by atoms with van der Waals surface area (Å²) in [5.41, 5.74) is 1.54. The third-order valence-electron chi connectivity index (χ3n) is 5.54. The Labute approximate surface area is 200 Å². The Morgan fingerprint density at radius 3 is 2.82 bits per heavy atom. The molecule has 0 aliphatic carbocycles. The highest BCUT2D eigenvalue weighted by atomic mass is 16.5. The van der Waals surface area contributed by atoms with Crippen LogP contribution in [-0.2, 0) is 17.8 Å². The number of nitrogens with one attached hydrogen (secondary N) is 2. The second-order valence-electron chi connectivity index (χ2n) is 8.79. The number of benzene rings is 1. The lowest BCUT2D eigenvalue weighted by Gasteiger charge is -2.33. The summed E-state index contributed by atoms with van der Waals surface area (Å²) in [6, 6.07) is 3.62. The molecule has 0 radical (unpaired) electrons. The van der Waals surface area contributed by atoms with Crippen molar-refractivity contribution in [1.29, 1.82) is 0 Å². The quantitative estimate of drug-likeness (QED) is 0.401. The fourth-order valence-corrected chi connectivity index (χ4v) is 3.75. The van der Waals surface area contributed by atoms with E-state index in [9.17, 15) is 14.7 Å². The topological polar surface area (TPSA) is 116 Å². The number of allylic oxidation sites excluding steroid dienone is 3. The largest absolute Gasteiger partial charge is 0.496 e. The van der Waals surface area contributed by atoms with Crippen molar-refractivity contribution >= 4 is 24.2 Å². The van der Waals surface area contributed by atoms with Gasteiger partial charge in [-0.2, -0.15) is 10.2 Å². The van der Waals surface area contributed by atoms with Crippen LogP contribution < -0.4 is 15.4 Å². The zero-order valence-corrected chi connectivity index (χ0v) is 20.2. The fourth-order valence-electron chi connectivity index (χ4n) is 3.75. The van der Waals surface area contributed by atoms with Crippen LogP contribution in [0, 0.1) is 0 Å². The van der Waals surface area contributed by atoms with Gasteiger partial charge in [0.05, 0.1) is 24.6 Å². The van der Waals surface area contributed by atoms with E-state index in [0.717, 1.165) is 29.7 Å². The predicted octanol–water partition coefficient (Wildman–Crippen LogP) is 2.31. The molecule has 0 saturated heterocycles. The molecule has 0 bridgehead atoms. The van der Waals surface area contributed by atoms with Crippen LogP contribution in [0.4, 0.5) is 0 Å². The summed E-state index contributed by atoms with van der Waals surface area (Å²) in [4.78, 5) is 27.3. The van der Waals surface area contributed by atoms with Gasteiger partial charge in [0, 0.05) is 19.3 Å². The van der Waals surface area contributed by atoms with Crippen molar-refractivity contribution in [2.45, 2.75) is 58.3 Å². The van der Waals surface area contributed by atoms with E-state index >= 15 is 0 Å². The van der Waals surface area contributed by atoms with Crippen LogP contribution in [0.3, 0.4) is 0 Å². The SMILES string of the molecule is CCC/C=N/N=C/C1=CC=CC(NC(=O)c2cc3c(cc2OC)CCN(C(=O)C(C)(C)O)C3)N1. The number of carbonyl (C=O) groups excluding carboxylic acids is 2. The summed E-state index contributed by atoms with van der Waals surface area (Å²) < 4.78 is 5.49. The summed E-state index contributed by atoms with van der Waals surface area (Å²) in [6.07, 6.45) is 10.9. The van der Waals surface area contributed by atoms with E-state index in [-0.39, 0.29) is 11.8 Å². The molecule has 2 heterocycles. The smallest absolute Gasteiger partial charge is 0.256 e. The molecule has 182 valence electrons. The molecule has 3 N–H and O–H groups in total. The Bertz CT molecular complexity index is 1040. The van der Waals surface area contributed by atoms with Crippen molar-refractivity contribution in [1.82, 2.24) is 15.5 Å². The number of carbonyl (C=O) groups is 2. The third kappa shape index (κ3) is 6.32. The molecule has 2 aliphatic rings. The molecular formula is C25H33N5O4. The van der Waals surface area contributed by atoms with Gasteiger partial charge in [-0.05, 0) is 62.1 Å². The first kappa shape index (κ1) is 25.2. The molecule has 9 heteroatoms. The monoisotopic (exact) mass is 467 g/mol. The number of ether oxygens (including phenoxy) is 1. The number of fused-ring (bicyclic) bond motifs is 1. The van der Waals surface area contributed by atoms with Crippen LogP contribution in [0.25, 0.3) is 0 Å². The van der Waals surface area contributed by atoms with Crippen molar-refractivity contribution in [3.05, 3.63) is 52.7 Å². The Hall–Kier alpha value is -3.46. The number of aliphatic hydroxyl groups is 1. The van der Waals surface area contributed by atoms with Crippen LogP contribution in [0.2, 0.25) is 0 Å². The van der Waals surface area contributed by atoms with E-state index in [4.69, 9.17) is 4.74 Å². The number of nitrogens with zero attached hydrogens (tertiary/aromatic N) is 3. The molecule has 0 saturated carbocycles. The molecule has 3 rings (SSSR count). The number of unbranched alkanes of at least 4 members (excludes halogenated alkanes) is 1. The molecule has 34 heavy (non-hydrogen) atoms. The molecule has 9 nitrogen and oxygen atoms in total. The average molecular weight is 468 g/mol. The Morgan fingerprint density at radius 2 is 2.12 bits per heavy atom. The summed E-state index contributed by atoms with van der Waals surface area (Å²) in [6.45, 7) is 5.86. The molecule has 0 fully saturated rings. The van der Waals surface area contributed by atoms with E-state index in [2.05, 4.69) is 27.8 Å². The summed E-state index contributed by atoms with van der Waals surface area (Å²) in [7, 11) is 1.53. The summed E-state index contributed by atoms with van der Waals surface area (Å²) >= 11 is 0. The standard InChI is InChI=1S/C25H33N5O4/c1-5-6-11-26-27-15-19-8-7-9-22(28-19)29-23(31)20-13-18-16-30(24(32)25(2,3)33)12-10-17(18)14-21(20)34-4/h7-9,11,13-15,22,28,33H,5-6,10,12,16H2,1-4H3,(H,29,31)/b26-11+,27-15+. The van der Waals surface area contributed by atoms with Crippen LogP contribution in [0.15, 0.2) is 46.3 Å². The fraction of sp³-hybridized carbons (Fsp3) is 0.440. The van der Waals surface area contributed by atoms with E-state index in [1.54, 1.807) is 23.4 Å². The van der Waals surface area contributed by atoms with Crippen LogP contribution in [-0.4, -0.2) is 59.7 Å². The first-order valence-corrected chi connectivity index (χ1v) is 11.4. The van der Waals surface area contributed by atoms with Gasteiger partial charge in [0.1, 0.15) is 17.5 Å². The van der Waals surface area contributed by atoms with Crippen molar-refractivity contribution in [2.24, 2.45) is 10.2 Å². The van der Waals surface area contributed by atoms with Gasteiger partial charge < -0.3 is 25.4 Å². The number of dihydropyridines is 1. The molecule has 1 aromatic carbocycles. The molecule has 2 amide bonds. The molecule has 2 aliphatic heterocycles.